The molecule has 2 heterocycles. The van der Waals surface area contributed by atoms with Crippen LogP contribution in [0.15, 0.2) is 0 Å². The van der Waals surface area contributed by atoms with Gasteiger partial charge >= 0.3 is 0 Å². The van der Waals surface area contributed by atoms with Gasteiger partial charge in [-0.25, -0.2) is 8.42 Å². The predicted octanol–water partition coefficient (Wildman–Crippen LogP) is -0.684. The zero-order valence-corrected chi connectivity index (χ0v) is 13.2. The van der Waals surface area contributed by atoms with E-state index in [2.05, 4.69) is 17.1 Å². The van der Waals surface area contributed by atoms with Gasteiger partial charge in [-0.05, 0) is 20.3 Å². The van der Waals surface area contributed by atoms with E-state index >= 15 is 0 Å². The molecule has 6 nitrogen and oxygen atoms in total. The second-order valence-corrected chi connectivity index (χ2v) is 8.06. The Labute approximate surface area is 121 Å². The minimum absolute atomic E-state index is 0.0590. The van der Waals surface area contributed by atoms with Gasteiger partial charge in [0.1, 0.15) is 0 Å². The molecule has 2 aliphatic heterocycles. The lowest BCUT2D eigenvalue weighted by atomic mass is 10.2. The summed E-state index contributed by atoms with van der Waals surface area (Å²) < 4.78 is 23.1. The Balaban J connectivity index is 1.92. The summed E-state index contributed by atoms with van der Waals surface area (Å²) in [5.41, 5.74) is 0. The number of hydrogen-bond donors (Lipinski definition) is 1. The van der Waals surface area contributed by atoms with E-state index in [1.54, 1.807) is 4.90 Å². The highest BCUT2D eigenvalue weighted by molar-refractivity contribution is 7.91. The number of piperazine rings is 1. The maximum absolute atomic E-state index is 12.4. The van der Waals surface area contributed by atoms with Crippen molar-refractivity contribution in [3.63, 3.8) is 0 Å². The fourth-order valence-corrected chi connectivity index (χ4v) is 4.83. The fourth-order valence-electron chi connectivity index (χ4n) is 3.10. The highest BCUT2D eigenvalue weighted by Crippen LogP contribution is 2.18. The third-order valence-corrected chi connectivity index (χ3v) is 5.87. The van der Waals surface area contributed by atoms with Gasteiger partial charge in [0.05, 0.1) is 18.1 Å². The first-order valence-electron chi connectivity index (χ1n) is 7.37. The molecule has 20 heavy (non-hydrogen) atoms. The van der Waals surface area contributed by atoms with Gasteiger partial charge in [0.2, 0.25) is 5.91 Å². The highest BCUT2D eigenvalue weighted by atomic mass is 32.2. The van der Waals surface area contributed by atoms with Crippen LogP contribution in [0.5, 0.6) is 0 Å². The molecular formula is C13H25N3O3S. The Kier molecular flexibility index (Phi) is 5.04. The molecule has 1 unspecified atom stereocenters. The van der Waals surface area contributed by atoms with Crippen LogP contribution in [0.2, 0.25) is 0 Å². The average Bonchev–Trinajstić information content (AvgIpc) is 2.70. The first kappa shape index (κ1) is 15.7. The van der Waals surface area contributed by atoms with E-state index < -0.39 is 9.84 Å². The van der Waals surface area contributed by atoms with Crippen molar-refractivity contribution in [1.82, 2.24) is 15.1 Å². The summed E-state index contributed by atoms with van der Waals surface area (Å²) in [4.78, 5) is 16.3. The molecule has 2 saturated heterocycles. The summed E-state index contributed by atoms with van der Waals surface area (Å²) >= 11 is 0. The maximum Gasteiger partial charge on any atom is 0.237 e. The molecule has 0 saturated carbocycles. The van der Waals surface area contributed by atoms with Crippen molar-refractivity contribution in [2.24, 2.45) is 0 Å². The van der Waals surface area contributed by atoms with Crippen molar-refractivity contribution < 1.29 is 13.2 Å². The van der Waals surface area contributed by atoms with Crippen molar-refractivity contribution in [3.8, 4) is 0 Å². The number of rotatable bonds is 4. The Morgan fingerprint density at radius 1 is 1.45 bits per heavy atom. The van der Waals surface area contributed by atoms with E-state index in [0.717, 1.165) is 19.6 Å². The van der Waals surface area contributed by atoms with Crippen LogP contribution in [0.3, 0.4) is 0 Å². The summed E-state index contributed by atoms with van der Waals surface area (Å²) in [5.74, 6) is 0.403. The van der Waals surface area contributed by atoms with Crippen molar-refractivity contribution in [2.75, 3.05) is 44.2 Å². The van der Waals surface area contributed by atoms with Gasteiger partial charge in [-0.3, -0.25) is 9.69 Å². The van der Waals surface area contributed by atoms with Gasteiger partial charge in [0.25, 0.3) is 0 Å². The number of nitrogens with zero attached hydrogens (tertiary/aromatic N) is 2. The second kappa shape index (κ2) is 6.41. The Morgan fingerprint density at radius 2 is 2.20 bits per heavy atom. The third-order valence-electron chi connectivity index (χ3n) is 4.12. The number of amides is 1. The monoisotopic (exact) mass is 303 g/mol. The van der Waals surface area contributed by atoms with Crippen LogP contribution >= 0.6 is 0 Å². The molecular weight excluding hydrogens is 278 g/mol. The lowest BCUT2D eigenvalue weighted by Crippen LogP contribution is -2.53. The van der Waals surface area contributed by atoms with E-state index in [9.17, 15) is 13.2 Å². The number of sulfone groups is 1. The molecule has 1 amide bonds. The van der Waals surface area contributed by atoms with Crippen LogP contribution in [0.1, 0.15) is 20.3 Å². The van der Waals surface area contributed by atoms with Gasteiger partial charge < -0.3 is 10.2 Å². The number of nitrogens with one attached hydrogen (secondary N) is 1. The van der Waals surface area contributed by atoms with E-state index in [4.69, 9.17) is 0 Å². The molecule has 2 aliphatic rings. The van der Waals surface area contributed by atoms with Crippen LogP contribution < -0.4 is 5.32 Å². The zero-order valence-electron chi connectivity index (χ0n) is 12.3. The van der Waals surface area contributed by atoms with E-state index in [1.807, 2.05) is 6.92 Å². The van der Waals surface area contributed by atoms with Crippen LogP contribution in [0, 0.1) is 0 Å². The smallest absolute Gasteiger partial charge is 0.237 e. The quantitative estimate of drug-likeness (QED) is 0.745. The molecule has 7 heteroatoms. The summed E-state index contributed by atoms with van der Waals surface area (Å²) in [6.45, 7) is 7.65. The number of carbonyl (C=O) groups excluding carboxylic acids is 1. The Morgan fingerprint density at radius 3 is 2.75 bits per heavy atom. The Hall–Kier alpha value is -0.660. The summed E-state index contributed by atoms with van der Waals surface area (Å²) in [6, 6.07) is 0.274. The molecule has 1 N–H and O–H groups in total. The number of likely N-dealkylation sites (N-methyl/N-ethyl adjacent to an activating group) is 1. The van der Waals surface area contributed by atoms with E-state index in [-0.39, 0.29) is 23.5 Å². The van der Waals surface area contributed by atoms with E-state index in [1.165, 1.54) is 0 Å². The van der Waals surface area contributed by atoms with Crippen LogP contribution in [0.25, 0.3) is 0 Å². The van der Waals surface area contributed by atoms with Crippen molar-refractivity contribution in [1.29, 1.82) is 0 Å². The molecule has 0 radical (unpaired) electrons. The SMILES string of the molecule is CCN(C(=O)CN1CCN[C@H](C)C1)C1CCS(=O)(=O)C1. The van der Waals surface area contributed by atoms with Gasteiger partial charge in [0, 0.05) is 38.3 Å². The fraction of sp³-hybridized carbons (Fsp3) is 0.923. The molecule has 0 aromatic carbocycles. The predicted molar refractivity (Wildman–Crippen MR) is 78.4 cm³/mol. The molecule has 0 spiro atoms. The molecule has 0 aliphatic carbocycles. The largest absolute Gasteiger partial charge is 0.338 e. The minimum atomic E-state index is -2.94. The molecule has 0 aromatic heterocycles. The van der Waals surface area contributed by atoms with Gasteiger partial charge in [-0.2, -0.15) is 0 Å². The summed E-state index contributed by atoms with van der Waals surface area (Å²) in [5, 5.41) is 3.35. The maximum atomic E-state index is 12.4. The van der Waals surface area contributed by atoms with E-state index in [0.29, 0.717) is 25.6 Å². The highest BCUT2D eigenvalue weighted by Gasteiger charge is 2.34. The topological polar surface area (TPSA) is 69.7 Å². The normalized spacial score (nSPS) is 30.3. The van der Waals surface area contributed by atoms with Crippen molar-refractivity contribution >= 4 is 15.7 Å². The molecule has 116 valence electrons. The van der Waals surface area contributed by atoms with Gasteiger partial charge in [0.15, 0.2) is 9.84 Å². The molecule has 0 aromatic rings. The van der Waals surface area contributed by atoms with Gasteiger partial charge in [-0.1, -0.05) is 0 Å². The van der Waals surface area contributed by atoms with Gasteiger partial charge in [-0.15, -0.1) is 0 Å². The summed E-state index contributed by atoms with van der Waals surface area (Å²) in [6.07, 6.45) is 0.583. The third kappa shape index (κ3) is 3.93. The lowest BCUT2D eigenvalue weighted by molar-refractivity contribution is -0.134. The van der Waals surface area contributed by atoms with Crippen LogP contribution in [-0.2, 0) is 14.6 Å². The molecule has 0 bridgehead atoms. The second-order valence-electron chi connectivity index (χ2n) is 5.83. The minimum Gasteiger partial charge on any atom is -0.338 e. The first-order chi connectivity index (χ1) is 9.41. The van der Waals surface area contributed by atoms with Crippen molar-refractivity contribution in [2.45, 2.75) is 32.4 Å². The summed E-state index contributed by atoms with van der Waals surface area (Å²) in [7, 11) is -2.94. The molecule has 2 fully saturated rings. The zero-order chi connectivity index (χ0) is 14.8. The van der Waals surface area contributed by atoms with Crippen molar-refractivity contribution in [3.05, 3.63) is 0 Å². The average molecular weight is 303 g/mol. The lowest BCUT2D eigenvalue weighted by Gasteiger charge is -2.34. The standard InChI is InChI=1S/C13H25N3O3S/c1-3-16(12-4-7-20(18,19)10-12)13(17)9-15-6-5-14-11(2)8-15/h11-12,14H,3-10H2,1-2H3/t11-,12?/m1/s1. The first-order valence-corrected chi connectivity index (χ1v) is 9.19. The molecule has 2 rings (SSSR count). The Bertz CT molecular complexity index is 452. The van der Waals surface area contributed by atoms with Crippen LogP contribution in [0.4, 0.5) is 0 Å². The van der Waals surface area contributed by atoms with Crippen LogP contribution in [-0.4, -0.2) is 80.4 Å². The number of hydrogen-bond acceptors (Lipinski definition) is 5. The molecule has 2 atom stereocenters. The number of carbonyl (C=O) groups is 1.